The zero-order valence-electron chi connectivity index (χ0n) is 11.6. The minimum Gasteiger partial charge on any atom is -0.317 e. The quantitative estimate of drug-likeness (QED) is 0.609. The second kappa shape index (κ2) is 7.60. The van der Waals surface area contributed by atoms with Crippen LogP contribution in [0.4, 0.5) is 5.69 Å². The molecule has 19 heavy (non-hydrogen) atoms. The molecule has 4 nitrogen and oxygen atoms in total. The van der Waals surface area contributed by atoms with Crippen LogP contribution in [0.3, 0.4) is 0 Å². The maximum atomic E-state index is 10.7. The number of nitrogens with one attached hydrogen (secondary N) is 1. The molecule has 0 radical (unpaired) electrons. The normalized spacial score (nSPS) is 12.7. The molecular weight excluding hydrogens is 308 g/mol. The number of halogens is 1. The van der Waals surface area contributed by atoms with Crippen LogP contribution in [0.5, 0.6) is 0 Å². The molecule has 0 heterocycles. The monoisotopic (exact) mass is 328 g/mol. The van der Waals surface area contributed by atoms with E-state index < -0.39 is 0 Å². The van der Waals surface area contributed by atoms with Gasteiger partial charge in [0, 0.05) is 22.6 Å². The third kappa shape index (κ3) is 5.28. The van der Waals surface area contributed by atoms with E-state index in [1.54, 1.807) is 12.1 Å². The van der Waals surface area contributed by atoms with Crippen LogP contribution in [0.25, 0.3) is 0 Å². The number of nitrogens with zero attached hydrogens (tertiary/aromatic N) is 1. The van der Waals surface area contributed by atoms with Crippen LogP contribution in [0.1, 0.15) is 32.3 Å². The summed E-state index contributed by atoms with van der Waals surface area (Å²) in [5.74, 6) is 0.665. The fourth-order valence-electron chi connectivity index (χ4n) is 2.13. The maximum absolute atomic E-state index is 10.7. The summed E-state index contributed by atoms with van der Waals surface area (Å²) in [4.78, 5) is 10.3. The number of nitro groups is 1. The number of hydrogen-bond donors (Lipinski definition) is 1. The van der Waals surface area contributed by atoms with E-state index in [-0.39, 0.29) is 10.6 Å². The van der Waals surface area contributed by atoms with E-state index >= 15 is 0 Å². The molecule has 0 fully saturated rings. The van der Waals surface area contributed by atoms with Crippen LogP contribution in [0.15, 0.2) is 22.7 Å². The number of aryl methyl sites for hydroxylation is 1. The summed E-state index contributed by atoms with van der Waals surface area (Å²) in [5, 5.41) is 14.0. The highest BCUT2D eigenvalue weighted by molar-refractivity contribution is 9.10. The molecule has 1 N–H and O–H groups in total. The molecule has 0 amide bonds. The molecule has 0 saturated carbocycles. The van der Waals surface area contributed by atoms with Gasteiger partial charge in [-0.05, 0) is 37.8 Å². The van der Waals surface area contributed by atoms with Crippen molar-refractivity contribution >= 4 is 21.6 Å². The molecule has 1 unspecified atom stereocenters. The van der Waals surface area contributed by atoms with Gasteiger partial charge in [-0.25, -0.2) is 0 Å². The molecule has 0 saturated heterocycles. The number of nitro benzene ring substituents is 1. The Kier molecular flexibility index (Phi) is 6.45. The molecule has 1 aromatic rings. The summed E-state index contributed by atoms with van der Waals surface area (Å²) < 4.78 is 0.820. The third-order valence-electron chi connectivity index (χ3n) is 3.17. The summed E-state index contributed by atoms with van der Waals surface area (Å²) in [6.07, 6.45) is 3.09. The van der Waals surface area contributed by atoms with E-state index in [0.29, 0.717) is 12.0 Å². The molecule has 0 aliphatic carbocycles. The first-order valence-corrected chi connectivity index (χ1v) is 7.33. The zero-order valence-corrected chi connectivity index (χ0v) is 13.2. The van der Waals surface area contributed by atoms with Gasteiger partial charge in [-0.2, -0.15) is 0 Å². The Hall–Kier alpha value is -0.940. The smallest absolute Gasteiger partial charge is 0.270 e. The van der Waals surface area contributed by atoms with Crippen LogP contribution >= 0.6 is 15.9 Å². The zero-order chi connectivity index (χ0) is 14.4. The lowest BCUT2D eigenvalue weighted by Gasteiger charge is -2.18. The van der Waals surface area contributed by atoms with Gasteiger partial charge in [0.15, 0.2) is 0 Å². The molecule has 0 aliphatic heterocycles. The predicted octanol–water partition coefficient (Wildman–Crippen LogP) is 3.92. The second-order valence-corrected chi connectivity index (χ2v) is 6.04. The summed E-state index contributed by atoms with van der Waals surface area (Å²) in [5.41, 5.74) is 1.25. The molecule has 1 rings (SSSR count). The van der Waals surface area contributed by atoms with Crippen molar-refractivity contribution in [1.82, 2.24) is 5.32 Å². The Morgan fingerprint density at radius 3 is 2.58 bits per heavy atom. The van der Waals surface area contributed by atoms with Gasteiger partial charge in [0.2, 0.25) is 0 Å². The first kappa shape index (κ1) is 16.1. The minimum atomic E-state index is -0.371. The fourth-order valence-corrected chi connectivity index (χ4v) is 2.70. The Balaban J connectivity index is 2.64. The van der Waals surface area contributed by atoms with E-state index in [1.165, 1.54) is 0 Å². The van der Waals surface area contributed by atoms with Gasteiger partial charge in [-0.3, -0.25) is 10.1 Å². The van der Waals surface area contributed by atoms with Crippen molar-refractivity contribution in [2.24, 2.45) is 5.92 Å². The SMILES string of the molecule is CNC(CCc1ccc([N+](=O)[O-])cc1Br)CC(C)C. The van der Waals surface area contributed by atoms with Crippen molar-refractivity contribution in [3.8, 4) is 0 Å². The Morgan fingerprint density at radius 2 is 2.11 bits per heavy atom. The minimum absolute atomic E-state index is 0.128. The Bertz CT molecular complexity index is 435. The van der Waals surface area contributed by atoms with E-state index in [2.05, 4.69) is 35.1 Å². The summed E-state index contributed by atoms with van der Waals surface area (Å²) in [7, 11) is 1.98. The van der Waals surface area contributed by atoms with Gasteiger partial charge in [0.25, 0.3) is 5.69 Å². The van der Waals surface area contributed by atoms with Gasteiger partial charge in [-0.1, -0.05) is 35.8 Å². The summed E-state index contributed by atoms with van der Waals surface area (Å²) in [6.45, 7) is 4.43. The van der Waals surface area contributed by atoms with Gasteiger partial charge < -0.3 is 5.32 Å². The summed E-state index contributed by atoms with van der Waals surface area (Å²) in [6, 6.07) is 5.47. The predicted molar refractivity (Wildman–Crippen MR) is 81.4 cm³/mol. The second-order valence-electron chi connectivity index (χ2n) is 5.19. The fraction of sp³-hybridized carbons (Fsp3) is 0.571. The Morgan fingerprint density at radius 1 is 1.42 bits per heavy atom. The first-order chi connectivity index (χ1) is 8.93. The number of rotatable bonds is 7. The molecule has 0 spiro atoms. The number of non-ortho nitro benzene ring substituents is 1. The van der Waals surface area contributed by atoms with Crippen LogP contribution in [-0.2, 0) is 6.42 Å². The average Bonchev–Trinajstić information content (AvgIpc) is 2.34. The summed E-state index contributed by atoms with van der Waals surface area (Å²) >= 11 is 3.41. The molecule has 1 aromatic carbocycles. The van der Waals surface area contributed by atoms with E-state index in [4.69, 9.17) is 0 Å². The third-order valence-corrected chi connectivity index (χ3v) is 3.91. The first-order valence-electron chi connectivity index (χ1n) is 6.54. The molecule has 0 aromatic heterocycles. The van der Waals surface area contributed by atoms with E-state index in [0.717, 1.165) is 29.3 Å². The van der Waals surface area contributed by atoms with Crippen molar-refractivity contribution in [3.05, 3.63) is 38.3 Å². The average molecular weight is 329 g/mol. The lowest BCUT2D eigenvalue weighted by Crippen LogP contribution is -2.27. The van der Waals surface area contributed by atoms with Crippen molar-refractivity contribution < 1.29 is 4.92 Å². The van der Waals surface area contributed by atoms with Crippen LogP contribution in [0, 0.1) is 16.0 Å². The van der Waals surface area contributed by atoms with Crippen LogP contribution < -0.4 is 5.32 Å². The lowest BCUT2D eigenvalue weighted by atomic mass is 9.97. The van der Waals surface area contributed by atoms with Crippen LogP contribution in [0.2, 0.25) is 0 Å². The molecule has 106 valence electrons. The van der Waals surface area contributed by atoms with Crippen molar-refractivity contribution in [3.63, 3.8) is 0 Å². The number of benzene rings is 1. The highest BCUT2D eigenvalue weighted by Crippen LogP contribution is 2.24. The molecule has 0 aliphatic rings. The largest absolute Gasteiger partial charge is 0.317 e. The van der Waals surface area contributed by atoms with Crippen molar-refractivity contribution in [1.29, 1.82) is 0 Å². The van der Waals surface area contributed by atoms with Crippen LogP contribution in [-0.4, -0.2) is 18.0 Å². The molecule has 1 atom stereocenters. The number of hydrogen-bond acceptors (Lipinski definition) is 3. The van der Waals surface area contributed by atoms with Gasteiger partial charge in [-0.15, -0.1) is 0 Å². The molecule has 0 bridgehead atoms. The lowest BCUT2D eigenvalue weighted by molar-refractivity contribution is -0.384. The highest BCUT2D eigenvalue weighted by Gasteiger charge is 2.12. The molecule has 5 heteroatoms. The Labute approximate surface area is 122 Å². The van der Waals surface area contributed by atoms with Gasteiger partial charge >= 0.3 is 0 Å². The standard InChI is InChI=1S/C14H21BrN2O2/c1-10(2)8-12(16-3)6-4-11-5-7-13(17(18)19)9-14(11)15/h5,7,9-10,12,16H,4,6,8H2,1-3H3. The maximum Gasteiger partial charge on any atom is 0.270 e. The van der Waals surface area contributed by atoms with E-state index in [9.17, 15) is 10.1 Å². The van der Waals surface area contributed by atoms with E-state index in [1.807, 2.05) is 13.1 Å². The van der Waals surface area contributed by atoms with Gasteiger partial charge in [0.1, 0.15) is 0 Å². The van der Waals surface area contributed by atoms with Gasteiger partial charge in [0.05, 0.1) is 4.92 Å². The van der Waals surface area contributed by atoms with Crippen molar-refractivity contribution in [2.75, 3.05) is 7.05 Å². The topological polar surface area (TPSA) is 55.2 Å². The highest BCUT2D eigenvalue weighted by atomic mass is 79.9. The molecular formula is C14H21BrN2O2. The van der Waals surface area contributed by atoms with Crippen molar-refractivity contribution in [2.45, 2.75) is 39.2 Å².